The summed E-state index contributed by atoms with van der Waals surface area (Å²) in [7, 11) is 1.67. The van der Waals surface area contributed by atoms with Crippen LogP contribution in [0.1, 0.15) is 16.7 Å². The Morgan fingerprint density at radius 3 is 2.20 bits per heavy atom. The van der Waals surface area contributed by atoms with Gasteiger partial charge >= 0.3 is 0 Å². The number of benzene rings is 1. The fraction of sp³-hybridized carbons (Fsp3) is 0.500. The van der Waals surface area contributed by atoms with Gasteiger partial charge in [-0.15, -0.1) is 11.6 Å². The third-order valence-corrected chi connectivity index (χ3v) is 2.52. The summed E-state index contributed by atoms with van der Waals surface area (Å²) in [5.41, 5.74) is 3.38. The van der Waals surface area contributed by atoms with Crippen molar-refractivity contribution in [2.75, 3.05) is 20.3 Å². The monoisotopic (exact) mass is 228 g/mol. The molecule has 0 atom stereocenters. The molecule has 15 heavy (non-hydrogen) atoms. The van der Waals surface area contributed by atoms with Gasteiger partial charge in [0.2, 0.25) is 0 Å². The number of aryl methyl sites for hydroxylation is 2. The fourth-order valence-electron chi connectivity index (χ4n) is 1.57. The molecule has 0 amide bonds. The molecule has 0 spiro atoms. The van der Waals surface area contributed by atoms with Crippen molar-refractivity contribution in [3.63, 3.8) is 0 Å². The molecule has 0 aliphatic heterocycles. The number of methoxy groups -OCH3 is 1. The normalized spacial score (nSPS) is 10.4. The summed E-state index contributed by atoms with van der Waals surface area (Å²) in [4.78, 5) is 0. The predicted molar refractivity (Wildman–Crippen MR) is 62.8 cm³/mol. The van der Waals surface area contributed by atoms with E-state index in [1.807, 2.05) is 13.8 Å². The van der Waals surface area contributed by atoms with Crippen molar-refractivity contribution in [1.29, 1.82) is 0 Å². The van der Waals surface area contributed by atoms with Crippen LogP contribution in [0.4, 0.5) is 0 Å². The first-order valence-corrected chi connectivity index (χ1v) is 5.50. The summed E-state index contributed by atoms with van der Waals surface area (Å²) in [6, 6.07) is 4.12. The van der Waals surface area contributed by atoms with E-state index in [0.717, 1.165) is 22.4 Å². The smallest absolute Gasteiger partial charge is 0.125 e. The van der Waals surface area contributed by atoms with E-state index in [0.29, 0.717) is 19.1 Å². The second kappa shape index (κ2) is 5.99. The Bertz CT molecular complexity index is 300. The molecule has 1 aromatic carbocycles. The van der Waals surface area contributed by atoms with E-state index >= 15 is 0 Å². The van der Waals surface area contributed by atoms with Crippen LogP contribution in [-0.2, 0) is 10.6 Å². The van der Waals surface area contributed by atoms with Crippen molar-refractivity contribution >= 4 is 11.6 Å². The van der Waals surface area contributed by atoms with Gasteiger partial charge in [0.1, 0.15) is 12.4 Å². The lowest BCUT2D eigenvalue weighted by Gasteiger charge is -2.13. The zero-order valence-electron chi connectivity index (χ0n) is 9.47. The standard InChI is InChI=1S/C12H17ClO2/c1-9-6-11(8-13)7-10(2)12(9)15-5-4-14-3/h6-7H,4-5,8H2,1-3H3. The lowest BCUT2D eigenvalue weighted by molar-refractivity contribution is 0.145. The lowest BCUT2D eigenvalue weighted by Crippen LogP contribution is -2.06. The largest absolute Gasteiger partial charge is 0.491 e. The average molecular weight is 229 g/mol. The van der Waals surface area contributed by atoms with Crippen molar-refractivity contribution < 1.29 is 9.47 Å². The molecular weight excluding hydrogens is 212 g/mol. The first-order valence-electron chi connectivity index (χ1n) is 4.97. The van der Waals surface area contributed by atoms with Crippen molar-refractivity contribution in [2.24, 2.45) is 0 Å². The van der Waals surface area contributed by atoms with E-state index in [-0.39, 0.29) is 0 Å². The second-order valence-electron chi connectivity index (χ2n) is 3.53. The van der Waals surface area contributed by atoms with Crippen molar-refractivity contribution in [3.05, 3.63) is 28.8 Å². The Balaban J connectivity index is 2.79. The van der Waals surface area contributed by atoms with E-state index in [1.165, 1.54) is 0 Å². The molecule has 0 radical (unpaired) electrons. The Kier molecular flexibility index (Phi) is 4.92. The van der Waals surface area contributed by atoms with E-state index in [9.17, 15) is 0 Å². The Morgan fingerprint density at radius 1 is 1.13 bits per heavy atom. The molecule has 0 aromatic heterocycles. The van der Waals surface area contributed by atoms with Crippen LogP contribution in [-0.4, -0.2) is 20.3 Å². The molecule has 0 saturated carbocycles. The summed E-state index contributed by atoms with van der Waals surface area (Å²) < 4.78 is 10.6. The zero-order chi connectivity index (χ0) is 11.3. The van der Waals surface area contributed by atoms with Gasteiger partial charge in [-0.25, -0.2) is 0 Å². The lowest BCUT2D eigenvalue weighted by atomic mass is 10.1. The Morgan fingerprint density at radius 2 is 1.73 bits per heavy atom. The van der Waals surface area contributed by atoms with Gasteiger partial charge in [-0.2, -0.15) is 0 Å². The predicted octanol–water partition coefficient (Wildman–Crippen LogP) is 3.07. The summed E-state index contributed by atoms with van der Waals surface area (Å²) in [6.07, 6.45) is 0. The van der Waals surface area contributed by atoms with Crippen LogP contribution in [0.15, 0.2) is 12.1 Å². The summed E-state index contributed by atoms with van der Waals surface area (Å²) >= 11 is 5.79. The minimum absolute atomic E-state index is 0.542. The number of rotatable bonds is 5. The van der Waals surface area contributed by atoms with Gasteiger partial charge in [0, 0.05) is 13.0 Å². The van der Waals surface area contributed by atoms with Crippen LogP contribution in [0.25, 0.3) is 0 Å². The van der Waals surface area contributed by atoms with Gasteiger partial charge in [-0.3, -0.25) is 0 Å². The molecule has 0 fully saturated rings. The van der Waals surface area contributed by atoms with Gasteiger partial charge < -0.3 is 9.47 Å². The van der Waals surface area contributed by atoms with Gasteiger partial charge in [0.15, 0.2) is 0 Å². The number of halogens is 1. The summed E-state index contributed by atoms with van der Waals surface area (Å²) in [5, 5.41) is 0. The highest BCUT2D eigenvalue weighted by atomic mass is 35.5. The van der Waals surface area contributed by atoms with Crippen LogP contribution in [0.5, 0.6) is 5.75 Å². The van der Waals surface area contributed by atoms with E-state index in [4.69, 9.17) is 21.1 Å². The third kappa shape index (κ3) is 3.40. The van der Waals surface area contributed by atoms with Crippen molar-refractivity contribution in [3.8, 4) is 5.75 Å². The van der Waals surface area contributed by atoms with Crippen LogP contribution in [0.2, 0.25) is 0 Å². The highest BCUT2D eigenvalue weighted by Gasteiger charge is 2.05. The van der Waals surface area contributed by atoms with Crippen LogP contribution in [0, 0.1) is 13.8 Å². The summed E-state index contributed by atoms with van der Waals surface area (Å²) in [6.45, 7) is 5.25. The Labute approximate surface area is 96.2 Å². The quantitative estimate of drug-likeness (QED) is 0.570. The first kappa shape index (κ1) is 12.3. The van der Waals surface area contributed by atoms with Crippen LogP contribution < -0.4 is 4.74 Å². The molecule has 1 rings (SSSR count). The van der Waals surface area contributed by atoms with E-state index in [2.05, 4.69) is 12.1 Å². The van der Waals surface area contributed by atoms with Crippen LogP contribution in [0.3, 0.4) is 0 Å². The minimum Gasteiger partial charge on any atom is -0.491 e. The molecule has 84 valence electrons. The average Bonchev–Trinajstić information content (AvgIpc) is 2.22. The molecule has 3 heteroatoms. The molecule has 0 N–H and O–H groups in total. The third-order valence-electron chi connectivity index (χ3n) is 2.21. The van der Waals surface area contributed by atoms with E-state index in [1.54, 1.807) is 7.11 Å². The van der Waals surface area contributed by atoms with Crippen LogP contribution >= 0.6 is 11.6 Å². The maximum absolute atomic E-state index is 5.79. The SMILES string of the molecule is COCCOc1c(C)cc(CCl)cc1C. The Hall–Kier alpha value is -0.730. The highest BCUT2D eigenvalue weighted by Crippen LogP contribution is 2.25. The van der Waals surface area contributed by atoms with Gasteiger partial charge in [-0.05, 0) is 30.5 Å². The molecule has 0 bridgehead atoms. The molecule has 0 aliphatic carbocycles. The fourth-order valence-corrected chi connectivity index (χ4v) is 1.73. The molecule has 0 unspecified atom stereocenters. The molecule has 0 heterocycles. The van der Waals surface area contributed by atoms with Crippen molar-refractivity contribution in [2.45, 2.75) is 19.7 Å². The molecule has 1 aromatic rings. The first-order chi connectivity index (χ1) is 7.19. The van der Waals surface area contributed by atoms with Gasteiger partial charge in [-0.1, -0.05) is 12.1 Å². The zero-order valence-corrected chi connectivity index (χ0v) is 10.2. The molecule has 2 nitrogen and oxygen atoms in total. The number of alkyl halides is 1. The minimum atomic E-state index is 0.542. The maximum atomic E-state index is 5.79. The number of hydrogen-bond acceptors (Lipinski definition) is 2. The maximum Gasteiger partial charge on any atom is 0.125 e. The summed E-state index contributed by atoms with van der Waals surface area (Å²) in [5.74, 6) is 1.49. The van der Waals surface area contributed by atoms with E-state index < -0.39 is 0 Å². The number of hydrogen-bond donors (Lipinski definition) is 0. The second-order valence-corrected chi connectivity index (χ2v) is 3.80. The van der Waals surface area contributed by atoms with Crippen molar-refractivity contribution in [1.82, 2.24) is 0 Å². The van der Waals surface area contributed by atoms with Gasteiger partial charge in [0.05, 0.1) is 6.61 Å². The number of ether oxygens (including phenoxy) is 2. The highest BCUT2D eigenvalue weighted by molar-refractivity contribution is 6.17. The molecule has 0 aliphatic rings. The topological polar surface area (TPSA) is 18.5 Å². The van der Waals surface area contributed by atoms with Gasteiger partial charge in [0.25, 0.3) is 0 Å². The molecular formula is C12H17ClO2. The molecule has 0 saturated heterocycles.